The van der Waals surface area contributed by atoms with Gasteiger partial charge in [0.05, 0.1) is 0 Å². The molecule has 0 aromatic rings. The van der Waals surface area contributed by atoms with Gasteiger partial charge >= 0.3 is 0 Å². The first-order valence-corrected chi connectivity index (χ1v) is 4.75. The summed E-state index contributed by atoms with van der Waals surface area (Å²) in [5.41, 5.74) is 0. The lowest BCUT2D eigenvalue weighted by Gasteiger charge is -2.00. The molecule has 1 atom stereocenters. The van der Waals surface area contributed by atoms with Crippen LogP contribution in [0, 0.1) is 0 Å². The zero-order chi connectivity index (χ0) is 6.62. The lowest BCUT2D eigenvalue weighted by atomic mass is 10.5. The molecule has 2 N–H and O–H groups in total. The van der Waals surface area contributed by atoms with Crippen molar-refractivity contribution in [1.29, 1.82) is 0 Å². The van der Waals surface area contributed by atoms with E-state index in [9.17, 15) is 4.57 Å². The van der Waals surface area contributed by atoms with Crippen molar-refractivity contribution in [3.63, 3.8) is 0 Å². The van der Waals surface area contributed by atoms with Crippen molar-refractivity contribution in [2.75, 3.05) is 19.4 Å². The lowest BCUT2D eigenvalue weighted by molar-refractivity contribution is 0.294. The largest absolute Gasteiger partial charge is 0.396 e. The third-order valence-electron chi connectivity index (χ3n) is 0.731. The van der Waals surface area contributed by atoms with E-state index < -0.39 is 7.37 Å². The molecule has 0 aliphatic rings. The molecule has 3 nitrogen and oxygen atoms in total. The number of hydrogen-bond acceptors (Lipinski definition) is 2. The Balaban J connectivity index is 3.26. The molecule has 8 heavy (non-hydrogen) atoms. The van der Waals surface area contributed by atoms with E-state index in [1.165, 1.54) is 6.66 Å². The molecule has 0 bridgehead atoms. The van der Waals surface area contributed by atoms with Crippen LogP contribution in [0.2, 0.25) is 0 Å². The third kappa shape index (κ3) is 6.15. The second kappa shape index (κ2) is 3.23. The molecule has 0 rings (SSSR count). The predicted molar refractivity (Wildman–Crippen MR) is 32.3 cm³/mol. The fraction of sp³-hybridized carbons (Fsp3) is 1.00. The highest BCUT2D eigenvalue weighted by atomic mass is 31.2. The van der Waals surface area contributed by atoms with Gasteiger partial charge in [-0.15, -0.1) is 0 Å². The number of rotatable bonds is 3. The topological polar surface area (TPSA) is 57.5 Å². The van der Waals surface area contributed by atoms with E-state index in [0.29, 0.717) is 6.42 Å². The Bertz CT molecular complexity index is 95.5. The molecule has 0 radical (unpaired) electrons. The summed E-state index contributed by atoms with van der Waals surface area (Å²) in [6, 6.07) is 0. The fourth-order valence-electron chi connectivity index (χ4n) is 0.364. The van der Waals surface area contributed by atoms with E-state index in [1.54, 1.807) is 0 Å². The molecule has 4 heteroatoms. The van der Waals surface area contributed by atoms with Crippen LogP contribution in [0.1, 0.15) is 6.42 Å². The number of hydrogen-bond donors (Lipinski definition) is 2. The summed E-state index contributed by atoms with van der Waals surface area (Å²) in [6.45, 7) is 1.29. The molecule has 0 fully saturated rings. The van der Waals surface area contributed by atoms with Crippen LogP contribution in [0.25, 0.3) is 0 Å². The Kier molecular flexibility index (Phi) is 3.29. The molecule has 0 amide bonds. The quantitative estimate of drug-likeness (QED) is 0.550. The average molecular weight is 138 g/mol. The van der Waals surface area contributed by atoms with Crippen LogP contribution >= 0.6 is 7.37 Å². The van der Waals surface area contributed by atoms with E-state index >= 15 is 0 Å². The van der Waals surface area contributed by atoms with Gasteiger partial charge in [-0.05, 0) is 6.42 Å². The highest BCUT2D eigenvalue weighted by Crippen LogP contribution is 2.35. The summed E-state index contributed by atoms with van der Waals surface area (Å²) in [5.74, 6) is 0. The highest BCUT2D eigenvalue weighted by molar-refractivity contribution is 7.57. The Morgan fingerprint density at radius 2 is 2.12 bits per heavy atom. The van der Waals surface area contributed by atoms with Gasteiger partial charge in [-0.2, -0.15) is 0 Å². The molecule has 0 aliphatic carbocycles. The Morgan fingerprint density at radius 1 is 1.62 bits per heavy atom. The van der Waals surface area contributed by atoms with Gasteiger partial charge in [0, 0.05) is 19.4 Å². The number of aliphatic hydroxyl groups is 1. The minimum Gasteiger partial charge on any atom is -0.396 e. The maximum atomic E-state index is 10.4. The lowest BCUT2D eigenvalue weighted by Crippen LogP contribution is -1.90. The number of aliphatic hydroxyl groups excluding tert-OH is 1. The minimum absolute atomic E-state index is 0.00160. The summed E-state index contributed by atoms with van der Waals surface area (Å²) in [4.78, 5) is 8.59. The van der Waals surface area contributed by atoms with Crippen LogP contribution in [0.4, 0.5) is 0 Å². The van der Waals surface area contributed by atoms with Crippen LogP contribution in [0.15, 0.2) is 0 Å². The van der Waals surface area contributed by atoms with Gasteiger partial charge in [-0.1, -0.05) is 0 Å². The summed E-state index contributed by atoms with van der Waals surface area (Å²) in [5, 5.41) is 8.20. The van der Waals surface area contributed by atoms with Crippen molar-refractivity contribution >= 4 is 7.37 Å². The highest BCUT2D eigenvalue weighted by Gasteiger charge is 2.06. The molecule has 0 aromatic heterocycles. The fourth-order valence-corrected chi connectivity index (χ4v) is 1.09. The Labute approximate surface area is 48.8 Å². The van der Waals surface area contributed by atoms with E-state index in [-0.39, 0.29) is 12.8 Å². The SMILES string of the molecule is CP(=O)(O)CCCO. The molecular weight excluding hydrogens is 127 g/mol. The molecule has 0 heterocycles. The normalized spacial score (nSPS) is 17.9. The van der Waals surface area contributed by atoms with Gasteiger partial charge in [-0.25, -0.2) is 0 Å². The van der Waals surface area contributed by atoms with Crippen molar-refractivity contribution < 1.29 is 14.6 Å². The van der Waals surface area contributed by atoms with Crippen molar-refractivity contribution in [3.8, 4) is 0 Å². The molecule has 0 spiro atoms. The van der Waals surface area contributed by atoms with Crippen molar-refractivity contribution in [3.05, 3.63) is 0 Å². The summed E-state index contributed by atoms with van der Waals surface area (Å²) in [7, 11) is -2.84. The molecule has 0 aromatic carbocycles. The third-order valence-corrected chi connectivity index (χ3v) is 1.88. The zero-order valence-electron chi connectivity index (χ0n) is 4.87. The van der Waals surface area contributed by atoms with Gasteiger partial charge in [0.15, 0.2) is 7.37 Å². The smallest absolute Gasteiger partial charge is 0.197 e. The maximum absolute atomic E-state index is 10.4. The van der Waals surface area contributed by atoms with Crippen molar-refractivity contribution in [2.45, 2.75) is 6.42 Å². The Hall–Kier alpha value is 0.150. The monoisotopic (exact) mass is 138 g/mol. The minimum atomic E-state index is -2.84. The molecule has 1 unspecified atom stereocenters. The van der Waals surface area contributed by atoms with E-state index in [0.717, 1.165) is 0 Å². The standard InChI is InChI=1S/C4H11O3P/c1-8(6,7)4-2-3-5/h5H,2-4H2,1H3,(H,6,7). The first-order valence-electron chi connectivity index (χ1n) is 2.46. The molecule has 0 aliphatic heterocycles. The van der Waals surface area contributed by atoms with Crippen molar-refractivity contribution in [1.82, 2.24) is 0 Å². The summed E-state index contributed by atoms with van der Waals surface area (Å²) < 4.78 is 10.4. The van der Waals surface area contributed by atoms with E-state index in [1.807, 2.05) is 0 Å². The van der Waals surface area contributed by atoms with E-state index in [2.05, 4.69) is 0 Å². The van der Waals surface area contributed by atoms with Gasteiger partial charge in [0.2, 0.25) is 0 Å². The first kappa shape index (κ1) is 8.15. The van der Waals surface area contributed by atoms with Crippen LogP contribution in [-0.2, 0) is 4.57 Å². The van der Waals surface area contributed by atoms with Crippen LogP contribution in [0.3, 0.4) is 0 Å². The van der Waals surface area contributed by atoms with Gasteiger partial charge in [0.25, 0.3) is 0 Å². The molecular formula is C4H11O3P. The van der Waals surface area contributed by atoms with Gasteiger partial charge in [0.1, 0.15) is 0 Å². The van der Waals surface area contributed by atoms with Crippen LogP contribution in [-0.4, -0.2) is 29.4 Å². The van der Waals surface area contributed by atoms with E-state index in [4.69, 9.17) is 10.00 Å². The first-order chi connectivity index (χ1) is 3.56. The molecule has 0 saturated carbocycles. The maximum Gasteiger partial charge on any atom is 0.197 e. The molecule has 50 valence electrons. The van der Waals surface area contributed by atoms with Crippen molar-refractivity contribution in [2.24, 2.45) is 0 Å². The molecule has 0 saturated heterocycles. The second-order valence-electron chi connectivity index (χ2n) is 1.85. The predicted octanol–water partition coefficient (Wildman–Crippen LogP) is 0.269. The van der Waals surface area contributed by atoms with Crippen LogP contribution < -0.4 is 0 Å². The average Bonchev–Trinajstić information content (AvgIpc) is 1.59. The zero-order valence-corrected chi connectivity index (χ0v) is 5.77. The van der Waals surface area contributed by atoms with Gasteiger partial charge in [-0.3, -0.25) is 4.57 Å². The van der Waals surface area contributed by atoms with Crippen LogP contribution in [0.5, 0.6) is 0 Å². The summed E-state index contributed by atoms with van der Waals surface area (Å²) >= 11 is 0. The van der Waals surface area contributed by atoms with Gasteiger partial charge < -0.3 is 10.00 Å². The Morgan fingerprint density at radius 3 is 2.25 bits per heavy atom. The summed E-state index contributed by atoms with van der Waals surface area (Å²) in [6.07, 6.45) is 0.647. The second-order valence-corrected chi connectivity index (χ2v) is 4.40.